The van der Waals surface area contributed by atoms with E-state index in [0.29, 0.717) is 6.07 Å². The summed E-state index contributed by atoms with van der Waals surface area (Å²) < 4.78 is 45.6. The predicted octanol–water partition coefficient (Wildman–Crippen LogP) is 0.457. The van der Waals surface area contributed by atoms with Gasteiger partial charge in [0.2, 0.25) is 0 Å². The molecule has 2 N–H and O–H groups in total. The maximum Gasteiger partial charge on any atom is 0.707 e. The third-order valence-corrected chi connectivity index (χ3v) is 1.54. The van der Waals surface area contributed by atoms with Crippen LogP contribution in [0, 0.1) is 0 Å². The van der Waals surface area contributed by atoms with Crippen LogP contribution in [0.1, 0.15) is 5.69 Å². The fourth-order valence-electron chi connectivity index (χ4n) is 0.935. The lowest BCUT2D eigenvalue weighted by molar-refractivity contribution is -0.141. The molecule has 16 heavy (non-hydrogen) atoms. The Kier molecular flexibility index (Phi) is 3.60. The Morgan fingerprint density at radius 2 is 1.94 bits per heavy atom. The van der Waals surface area contributed by atoms with Gasteiger partial charge in [0.25, 0.3) is 5.88 Å². The van der Waals surface area contributed by atoms with Gasteiger partial charge in [0.05, 0.1) is 7.11 Å². The summed E-state index contributed by atoms with van der Waals surface area (Å²) in [6, 6.07) is 1.52. The molecule has 88 valence electrons. The van der Waals surface area contributed by atoms with Crippen molar-refractivity contribution in [1.29, 1.82) is 0 Å². The number of alkyl halides is 3. The summed E-state index contributed by atoms with van der Waals surface area (Å²) in [4.78, 5) is 3.12. The smallest absolute Gasteiger partial charge is 0.508 e. The molecule has 0 radical (unpaired) electrons. The number of hydrogen-bond acceptors (Lipinski definition) is 5. The van der Waals surface area contributed by atoms with E-state index < -0.39 is 25.1 Å². The summed E-state index contributed by atoms with van der Waals surface area (Å²) in [7, 11) is -1.08. The maximum absolute atomic E-state index is 12.2. The predicted molar refractivity (Wildman–Crippen MR) is 46.6 cm³/mol. The van der Waals surface area contributed by atoms with Crippen LogP contribution in [-0.4, -0.2) is 29.5 Å². The van der Waals surface area contributed by atoms with Crippen molar-refractivity contribution >= 4 is 7.32 Å². The molecule has 1 aromatic rings. The number of nitrogens with zero attached hydrogens (tertiary/aromatic N) is 1. The first-order valence-electron chi connectivity index (χ1n) is 3.99. The Hall–Kier alpha value is -1.48. The van der Waals surface area contributed by atoms with Crippen molar-refractivity contribution in [2.24, 2.45) is 0 Å². The molecule has 0 fully saturated rings. The van der Waals surface area contributed by atoms with Gasteiger partial charge in [-0.25, -0.2) is 4.98 Å². The van der Waals surface area contributed by atoms with E-state index in [1.54, 1.807) is 0 Å². The molecule has 9 heteroatoms. The maximum atomic E-state index is 12.2. The molecule has 0 aliphatic heterocycles. The second kappa shape index (κ2) is 4.58. The minimum absolute atomic E-state index is 0.300. The SMILES string of the molecule is COc1nc(C(F)(F)F)ccc1OB(O)O. The average molecular weight is 237 g/mol. The van der Waals surface area contributed by atoms with Crippen LogP contribution < -0.4 is 9.39 Å². The highest BCUT2D eigenvalue weighted by Gasteiger charge is 2.33. The highest BCUT2D eigenvalue weighted by Crippen LogP contribution is 2.32. The number of pyridine rings is 1. The monoisotopic (exact) mass is 237 g/mol. The molecule has 0 aliphatic rings. The zero-order valence-corrected chi connectivity index (χ0v) is 8.02. The Labute approximate surface area is 88.6 Å². The zero-order valence-electron chi connectivity index (χ0n) is 8.02. The molecule has 0 saturated carbocycles. The normalized spacial score (nSPS) is 11.1. The number of ether oxygens (including phenoxy) is 1. The summed E-state index contributed by atoms with van der Waals surface area (Å²) in [6.07, 6.45) is -4.61. The van der Waals surface area contributed by atoms with Crippen molar-refractivity contribution in [2.75, 3.05) is 7.11 Å². The first-order chi connectivity index (χ1) is 7.34. The molecule has 0 unspecified atom stereocenters. The zero-order chi connectivity index (χ0) is 12.3. The molecule has 0 bridgehead atoms. The first kappa shape index (κ1) is 12.6. The van der Waals surface area contributed by atoms with Crippen LogP contribution in [0.2, 0.25) is 0 Å². The van der Waals surface area contributed by atoms with E-state index >= 15 is 0 Å². The van der Waals surface area contributed by atoms with Crippen LogP contribution in [0.25, 0.3) is 0 Å². The third-order valence-electron chi connectivity index (χ3n) is 1.54. The molecule has 0 saturated heterocycles. The minimum Gasteiger partial charge on any atom is -0.508 e. The van der Waals surface area contributed by atoms with Crippen LogP contribution >= 0.6 is 0 Å². The van der Waals surface area contributed by atoms with Crippen molar-refractivity contribution in [3.05, 3.63) is 17.8 Å². The molecule has 0 aromatic carbocycles. The molecule has 0 atom stereocenters. The lowest BCUT2D eigenvalue weighted by Gasteiger charge is -2.11. The van der Waals surface area contributed by atoms with E-state index in [9.17, 15) is 13.2 Å². The second-order valence-electron chi connectivity index (χ2n) is 2.65. The van der Waals surface area contributed by atoms with E-state index in [0.717, 1.165) is 13.2 Å². The van der Waals surface area contributed by atoms with Gasteiger partial charge in [-0.15, -0.1) is 0 Å². The van der Waals surface area contributed by atoms with Crippen molar-refractivity contribution in [2.45, 2.75) is 6.18 Å². The van der Waals surface area contributed by atoms with Crippen LogP contribution in [0.4, 0.5) is 13.2 Å². The van der Waals surface area contributed by atoms with E-state index in [-0.39, 0.29) is 5.75 Å². The highest BCUT2D eigenvalue weighted by molar-refractivity contribution is 6.33. The van der Waals surface area contributed by atoms with Gasteiger partial charge >= 0.3 is 13.5 Å². The number of aromatic nitrogens is 1. The lowest BCUT2D eigenvalue weighted by atomic mass is 10.2. The molecule has 5 nitrogen and oxygen atoms in total. The van der Waals surface area contributed by atoms with Crippen molar-refractivity contribution < 1.29 is 32.6 Å². The van der Waals surface area contributed by atoms with Gasteiger partial charge in [-0.1, -0.05) is 0 Å². The van der Waals surface area contributed by atoms with Crippen LogP contribution in [0.15, 0.2) is 12.1 Å². The molecule has 1 aromatic heterocycles. The summed E-state index contributed by atoms with van der Waals surface area (Å²) >= 11 is 0. The van der Waals surface area contributed by atoms with Crippen molar-refractivity contribution in [1.82, 2.24) is 4.98 Å². The fraction of sp³-hybridized carbons (Fsp3) is 0.286. The largest absolute Gasteiger partial charge is 0.707 e. The number of hydrogen-bond donors (Lipinski definition) is 2. The molecule has 0 amide bonds. The molecule has 1 heterocycles. The van der Waals surface area contributed by atoms with E-state index in [1.165, 1.54) is 0 Å². The topological polar surface area (TPSA) is 71.8 Å². The van der Waals surface area contributed by atoms with E-state index in [1.807, 2.05) is 0 Å². The molecule has 1 rings (SSSR count). The Morgan fingerprint density at radius 1 is 1.31 bits per heavy atom. The Morgan fingerprint density at radius 3 is 2.38 bits per heavy atom. The summed E-state index contributed by atoms with van der Waals surface area (Å²) in [5.41, 5.74) is -1.16. The number of halogens is 3. The number of rotatable bonds is 3. The molecule has 0 aliphatic carbocycles. The van der Waals surface area contributed by atoms with Gasteiger partial charge in [0, 0.05) is 0 Å². The minimum atomic E-state index is -4.61. The lowest BCUT2D eigenvalue weighted by Crippen LogP contribution is -2.21. The standard InChI is InChI=1S/C7H7BF3NO4/c1-15-6-4(16-8(13)14)2-3-5(12-6)7(9,10)11/h2-3,13-14H,1H3. The van der Waals surface area contributed by atoms with Gasteiger partial charge in [-0.3, -0.25) is 0 Å². The number of methoxy groups -OCH3 is 1. The van der Waals surface area contributed by atoms with Gasteiger partial charge < -0.3 is 19.4 Å². The molecular formula is C7H7BF3NO4. The highest BCUT2D eigenvalue weighted by atomic mass is 19.4. The Balaban J connectivity index is 3.07. The summed E-state index contributed by atoms with van der Waals surface area (Å²) in [6.45, 7) is 0. The fourth-order valence-corrected chi connectivity index (χ4v) is 0.935. The van der Waals surface area contributed by atoms with E-state index in [4.69, 9.17) is 10.0 Å². The molecular weight excluding hydrogens is 230 g/mol. The third kappa shape index (κ3) is 3.01. The van der Waals surface area contributed by atoms with E-state index in [2.05, 4.69) is 14.4 Å². The van der Waals surface area contributed by atoms with Crippen LogP contribution in [0.3, 0.4) is 0 Å². The van der Waals surface area contributed by atoms with Crippen LogP contribution in [0.5, 0.6) is 11.6 Å². The van der Waals surface area contributed by atoms with Crippen LogP contribution in [-0.2, 0) is 6.18 Å². The van der Waals surface area contributed by atoms with Crippen molar-refractivity contribution in [3.63, 3.8) is 0 Å². The van der Waals surface area contributed by atoms with Gasteiger partial charge in [-0.2, -0.15) is 13.2 Å². The average Bonchev–Trinajstić information content (AvgIpc) is 2.15. The molecule has 0 spiro atoms. The first-order valence-corrected chi connectivity index (χ1v) is 3.99. The Bertz CT molecular complexity index is 371. The van der Waals surface area contributed by atoms with Crippen molar-refractivity contribution in [3.8, 4) is 11.6 Å². The quantitative estimate of drug-likeness (QED) is 0.747. The van der Waals surface area contributed by atoms with Gasteiger partial charge in [0.15, 0.2) is 5.75 Å². The summed E-state index contributed by atoms with van der Waals surface area (Å²) in [5, 5.41) is 17.0. The second-order valence-corrected chi connectivity index (χ2v) is 2.65. The van der Waals surface area contributed by atoms with Gasteiger partial charge in [-0.05, 0) is 12.1 Å². The summed E-state index contributed by atoms with van der Waals surface area (Å²) in [5.74, 6) is -0.784. The van der Waals surface area contributed by atoms with Gasteiger partial charge in [0.1, 0.15) is 5.69 Å².